The Hall–Kier alpha value is -2.13. The smallest absolute Gasteiger partial charge is 0.872 e. The predicted molar refractivity (Wildman–Crippen MR) is 156 cm³/mol. The van der Waals surface area contributed by atoms with Gasteiger partial charge in [-0.15, -0.1) is 0 Å². The van der Waals surface area contributed by atoms with Crippen molar-refractivity contribution in [2.45, 2.75) is 111 Å². The quantitative estimate of drug-likeness (QED) is 0.217. The van der Waals surface area contributed by atoms with Crippen LogP contribution in [-0.2, 0) is 38.2 Å². The van der Waals surface area contributed by atoms with Gasteiger partial charge in [0.1, 0.15) is 0 Å². The minimum Gasteiger partial charge on any atom is -0.872 e. The predicted octanol–water partition coefficient (Wildman–Crippen LogP) is 6.95. The Kier molecular flexibility index (Phi) is 11.0. The average molecular weight is 563 g/mol. The van der Waals surface area contributed by atoms with Crippen LogP contribution in [0.4, 0.5) is 0 Å². The van der Waals surface area contributed by atoms with Crippen LogP contribution in [-0.4, -0.2) is 25.5 Å². The number of benzene rings is 2. The van der Waals surface area contributed by atoms with Gasteiger partial charge in [-0.05, 0) is 61.5 Å². The normalized spacial score (nSPS) is 13.4. The fourth-order valence-corrected chi connectivity index (χ4v) is 4.05. The molecule has 0 saturated carbocycles. The number of hydrogen-bond acceptors (Lipinski definition) is 4. The van der Waals surface area contributed by atoms with E-state index in [1.807, 2.05) is 12.1 Å². The molecule has 0 atom stereocenters. The summed E-state index contributed by atoms with van der Waals surface area (Å²) in [6.07, 6.45) is 4.18. The first kappa shape index (κ1) is 33.9. The molecule has 2 aromatic carbocycles. The summed E-state index contributed by atoms with van der Waals surface area (Å²) >= 11 is 0. The van der Waals surface area contributed by atoms with Crippen molar-refractivity contribution >= 4 is 12.4 Å². The summed E-state index contributed by atoms with van der Waals surface area (Å²) in [5.74, 6) is 0.109. The number of hydrogen-bond donors (Lipinski definition) is 0. The van der Waals surface area contributed by atoms with Crippen LogP contribution in [0.15, 0.2) is 34.3 Å². The van der Waals surface area contributed by atoms with Gasteiger partial charge in [-0.3, -0.25) is 9.98 Å². The van der Waals surface area contributed by atoms with Gasteiger partial charge in [-0.1, -0.05) is 119 Å². The molecule has 38 heavy (non-hydrogen) atoms. The summed E-state index contributed by atoms with van der Waals surface area (Å²) in [5, 5.41) is 26.2. The summed E-state index contributed by atoms with van der Waals surface area (Å²) < 4.78 is 0. The molecule has 0 saturated heterocycles. The molecule has 212 valence electrons. The monoisotopic (exact) mass is 562 g/mol. The van der Waals surface area contributed by atoms with Crippen LogP contribution in [0, 0.1) is 0 Å². The Balaban J connectivity index is 0.00000722. The summed E-state index contributed by atoms with van der Waals surface area (Å²) in [4.78, 5) is 9.09. The number of nitrogens with zero attached hydrogens (tertiary/aromatic N) is 2. The largest absolute Gasteiger partial charge is 2.00 e. The minimum absolute atomic E-state index is 0. The third-order valence-electron chi connectivity index (χ3n) is 6.62. The van der Waals surface area contributed by atoms with Gasteiger partial charge in [-0.25, -0.2) is 0 Å². The van der Waals surface area contributed by atoms with Gasteiger partial charge in [0.25, 0.3) is 0 Å². The zero-order valence-electron chi connectivity index (χ0n) is 25.6. The molecule has 0 aliphatic carbocycles. The molecule has 2 aromatic rings. The van der Waals surface area contributed by atoms with Gasteiger partial charge >= 0.3 is 16.5 Å². The van der Waals surface area contributed by atoms with Crippen molar-refractivity contribution in [1.82, 2.24) is 0 Å². The molecular weight excluding hydrogens is 515 g/mol. The SMILES string of the molecule is CC(C)(C)c1cc(C=NCCCN=Cc2cc(C(C)(C)C)cc(C(C)(C)C)c2[O-])c([O-])c(C(C)(C)C)c1.[Ni+2]. The van der Waals surface area contributed by atoms with Gasteiger partial charge in [0, 0.05) is 25.5 Å². The second kappa shape index (κ2) is 12.4. The van der Waals surface area contributed by atoms with Gasteiger partial charge in [0.05, 0.1) is 0 Å². The van der Waals surface area contributed by atoms with Crippen LogP contribution < -0.4 is 10.2 Å². The third kappa shape index (κ3) is 8.97. The summed E-state index contributed by atoms with van der Waals surface area (Å²) in [6, 6.07) is 8.06. The van der Waals surface area contributed by atoms with Crippen LogP contribution in [0.1, 0.15) is 123 Å². The molecule has 0 fully saturated rings. The average Bonchev–Trinajstić information content (AvgIpc) is 2.71. The summed E-state index contributed by atoms with van der Waals surface area (Å²) in [6.45, 7) is 26.5. The molecule has 0 N–H and O–H groups in total. The molecule has 0 heterocycles. The Bertz CT molecular complexity index is 1060. The molecule has 5 heteroatoms. The first-order chi connectivity index (χ1) is 16.7. The van der Waals surface area contributed by atoms with Crippen LogP contribution >= 0.6 is 0 Å². The van der Waals surface area contributed by atoms with Crippen molar-refractivity contribution in [2.75, 3.05) is 13.1 Å². The molecule has 0 aliphatic heterocycles. The van der Waals surface area contributed by atoms with Crippen LogP contribution in [0.3, 0.4) is 0 Å². The van der Waals surface area contributed by atoms with Crippen molar-refractivity contribution < 1.29 is 26.7 Å². The molecule has 0 amide bonds. The van der Waals surface area contributed by atoms with E-state index in [2.05, 4.69) is 105 Å². The van der Waals surface area contributed by atoms with Crippen molar-refractivity contribution in [3.05, 3.63) is 57.6 Å². The Morgan fingerprint density at radius 3 is 1.13 bits per heavy atom. The Morgan fingerprint density at radius 2 is 0.868 bits per heavy atom. The van der Waals surface area contributed by atoms with Gasteiger partial charge < -0.3 is 10.2 Å². The van der Waals surface area contributed by atoms with E-state index >= 15 is 0 Å². The fourth-order valence-electron chi connectivity index (χ4n) is 4.05. The molecular formula is C33H48N2NiO2. The standard InChI is InChI=1S/C33H50N2O2.Ni/c1-30(2,3)24-16-22(28(36)26(18-24)32(7,8)9)20-34-14-13-15-35-21-23-17-25(31(4,5)6)19-27(29(23)37)33(10,11)12;/h16-21,36-37H,13-15H2,1-12H3;/q;+2/p-2. The van der Waals surface area contributed by atoms with E-state index < -0.39 is 0 Å². The first-order valence-electron chi connectivity index (χ1n) is 13.4. The van der Waals surface area contributed by atoms with E-state index in [0.717, 1.165) is 28.7 Å². The maximum Gasteiger partial charge on any atom is 2.00 e. The Morgan fingerprint density at radius 1 is 0.553 bits per heavy atom. The molecule has 0 aromatic heterocycles. The van der Waals surface area contributed by atoms with Gasteiger partial charge in [-0.2, -0.15) is 0 Å². The minimum atomic E-state index is -0.229. The van der Waals surface area contributed by atoms with Crippen LogP contribution in [0.5, 0.6) is 11.5 Å². The van der Waals surface area contributed by atoms with Crippen LogP contribution in [0.25, 0.3) is 0 Å². The second-order valence-electron chi connectivity index (χ2n) is 14.3. The number of rotatable bonds is 6. The summed E-state index contributed by atoms with van der Waals surface area (Å²) in [7, 11) is 0. The third-order valence-corrected chi connectivity index (χ3v) is 6.62. The molecule has 0 unspecified atom stereocenters. The zero-order chi connectivity index (χ0) is 28.4. The van der Waals surface area contributed by atoms with Crippen molar-refractivity contribution in [1.29, 1.82) is 0 Å². The van der Waals surface area contributed by atoms with E-state index in [0.29, 0.717) is 24.2 Å². The summed E-state index contributed by atoms with van der Waals surface area (Å²) in [5.41, 5.74) is 4.66. The van der Waals surface area contributed by atoms with E-state index in [9.17, 15) is 10.2 Å². The van der Waals surface area contributed by atoms with E-state index in [1.54, 1.807) is 12.4 Å². The maximum absolute atomic E-state index is 13.1. The van der Waals surface area contributed by atoms with Crippen molar-refractivity contribution in [2.24, 2.45) is 9.98 Å². The van der Waals surface area contributed by atoms with E-state index in [4.69, 9.17) is 0 Å². The number of aliphatic imine (C=N–C) groups is 2. The zero-order valence-corrected chi connectivity index (χ0v) is 26.6. The topological polar surface area (TPSA) is 70.8 Å². The molecule has 0 radical (unpaired) electrons. The molecule has 0 spiro atoms. The second-order valence-corrected chi connectivity index (χ2v) is 14.3. The first-order valence-corrected chi connectivity index (χ1v) is 13.4. The molecule has 2 rings (SSSR count). The van der Waals surface area contributed by atoms with Crippen LogP contribution in [0.2, 0.25) is 0 Å². The molecule has 0 aliphatic rings. The molecule has 0 bridgehead atoms. The van der Waals surface area contributed by atoms with E-state index in [1.165, 1.54) is 0 Å². The van der Waals surface area contributed by atoms with E-state index in [-0.39, 0.29) is 49.7 Å². The van der Waals surface area contributed by atoms with Gasteiger partial charge in [0.2, 0.25) is 0 Å². The molecule has 4 nitrogen and oxygen atoms in total. The van der Waals surface area contributed by atoms with Crippen molar-refractivity contribution in [3.63, 3.8) is 0 Å². The maximum atomic E-state index is 13.1. The van der Waals surface area contributed by atoms with Crippen molar-refractivity contribution in [3.8, 4) is 11.5 Å². The van der Waals surface area contributed by atoms with Gasteiger partial charge in [0.15, 0.2) is 0 Å². The Labute approximate surface area is 242 Å². The fraction of sp³-hybridized carbons (Fsp3) is 0.576.